The van der Waals surface area contributed by atoms with Gasteiger partial charge in [-0.3, -0.25) is 4.79 Å². The number of ether oxygens (including phenoxy) is 1. The van der Waals surface area contributed by atoms with E-state index >= 15 is 0 Å². The highest BCUT2D eigenvalue weighted by Crippen LogP contribution is 2.31. The van der Waals surface area contributed by atoms with Crippen LogP contribution in [0.4, 0.5) is 0 Å². The molecule has 0 bridgehead atoms. The van der Waals surface area contributed by atoms with Crippen LogP contribution in [0.1, 0.15) is 29.8 Å². The zero-order valence-corrected chi connectivity index (χ0v) is 13.8. The molecule has 1 atom stereocenters. The van der Waals surface area contributed by atoms with Crippen molar-refractivity contribution < 1.29 is 14.6 Å². The monoisotopic (exact) mass is 331 g/mol. The Bertz CT molecular complexity index is 560. The van der Waals surface area contributed by atoms with E-state index < -0.39 is 11.7 Å². The lowest BCUT2D eigenvalue weighted by Crippen LogP contribution is -2.55. The van der Waals surface area contributed by atoms with E-state index in [-0.39, 0.29) is 17.5 Å². The third-order valence-corrected chi connectivity index (χ3v) is 4.45. The van der Waals surface area contributed by atoms with Crippen LogP contribution in [0.15, 0.2) is 12.1 Å². The molecule has 1 unspecified atom stereocenters. The minimum atomic E-state index is -0.512. The number of morpholine rings is 1. The number of aryl methyl sites for hydroxylation is 1. The predicted molar refractivity (Wildman–Crippen MR) is 83.1 cm³/mol. The Balaban J connectivity index is 2.29. The van der Waals surface area contributed by atoms with E-state index in [0.717, 1.165) is 5.56 Å². The Labute approximate surface area is 134 Å². The van der Waals surface area contributed by atoms with Crippen molar-refractivity contribution in [1.29, 1.82) is 0 Å². The molecule has 1 aliphatic heterocycles. The van der Waals surface area contributed by atoms with Gasteiger partial charge in [-0.25, -0.2) is 0 Å². The van der Waals surface area contributed by atoms with E-state index in [1.54, 1.807) is 17.0 Å². The van der Waals surface area contributed by atoms with Crippen LogP contribution in [0.5, 0.6) is 0 Å². The van der Waals surface area contributed by atoms with Crippen LogP contribution in [-0.4, -0.2) is 47.3 Å². The molecule has 1 aromatic carbocycles. The second kappa shape index (κ2) is 6.13. The van der Waals surface area contributed by atoms with E-state index in [1.165, 1.54) is 0 Å². The average molecular weight is 332 g/mol. The molecule has 0 aliphatic carbocycles. The number of rotatable bonds is 2. The number of aliphatic hydroxyl groups excluding tert-OH is 1. The summed E-state index contributed by atoms with van der Waals surface area (Å²) in [5.74, 6) is -0.197. The number of carbonyl (C=O) groups is 1. The van der Waals surface area contributed by atoms with E-state index in [0.29, 0.717) is 23.7 Å². The maximum absolute atomic E-state index is 12.7. The molecule has 0 aromatic heterocycles. The van der Waals surface area contributed by atoms with Gasteiger partial charge in [0.25, 0.3) is 5.91 Å². The first-order valence-electron chi connectivity index (χ1n) is 6.77. The van der Waals surface area contributed by atoms with Gasteiger partial charge in [0.2, 0.25) is 0 Å². The smallest absolute Gasteiger partial charge is 0.255 e. The molecule has 1 aliphatic rings. The molecule has 0 radical (unpaired) electrons. The summed E-state index contributed by atoms with van der Waals surface area (Å²) in [5, 5.41) is 9.99. The lowest BCUT2D eigenvalue weighted by Gasteiger charge is -2.42. The summed E-state index contributed by atoms with van der Waals surface area (Å²) >= 11 is 12.3. The van der Waals surface area contributed by atoms with E-state index in [1.807, 2.05) is 20.8 Å². The van der Waals surface area contributed by atoms with Gasteiger partial charge in [-0.2, -0.15) is 0 Å². The fourth-order valence-corrected chi connectivity index (χ4v) is 2.98. The standard InChI is InChI=1S/C15H19Cl2NO3/c1-9-4-5-11(13(17)12(9)16)14(20)18-6-10(7-19)21-15(2,3)8-18/h4-5,10,19H,6-8H2,1-3H3. The van der Waals surface area contributed by atoms with Crippen LogP contribution in [0.25, 0.3) is 0 Å². The van der Waals surface area contributed by atoms with Crippen LogP contribution >= 0.6 is 23.2 Å². The largest absolute Gasteiger partial charge is 0.394 e. The quantitative estimate of drug-likeness (QED) is 0.906. The lowest BCUT2D eigenvalue weighted by atomic mass is 10.0. The molecule has 1 amide bonds. The molecular weight excluding hydrogens is 313 g/mol. The topological polar surface area (TPSA) is 49.8 Å². The normalized spacial score (nSPS) is 21.4. The van der Waals surface area contributed by atoms with Crippen molar-refractivity contribution in [2.75, 3.05) is 19.7 Å². The molecule has 6 heteroatoms. The third-order valence-electron chi connectivity index (χ3n) is 3.48. The van der Waals surface area contributed by atoms with E-state index in [9.17, 15) is 9.90 Å². The summed E-state index contributed by atoms with van der Waals surface area (Å²) in [4.78, 5) is 14.3. The molecular formula is C15H19Cl2NO3. The van der Waals surface area contributed by atoms with Gasteiger partial charge >= 0.3 is 0 Å². The molecule has 1 saturated heterocycles. The first kappa shape index (κ1) is 16.6. The molecule has 1 aromatic rings. The van der Waals surface area contributed by atoms with Crippen LogP contribution in [0, 0.1) is 6.92 Å². The van der Waals surface area contributed by atoms with Gasteiger partial charge in [0, 0.05) is 13.1 Å². The van der Waals surface area contributed by atoms with Crippen molar-refractivity contribution in [2.24, 2.45) is 0 Å². The molecule has 1 fully saturated rings. The number of benzene rings is 1. The summed E-state index contributed by atoms with van der Waals surface area (Å²) in [5.41, 5.74) is 0.692. The first-order valence-corrected chi connectivity index (χ1v) is 7.53. The Hall–Kier alpha value is -0.810. The fraction of sp³-hybridized carbons (Fsp3) is 0.533. The molecule has 1 heterocycles. The summed E-state index contributed by atoms with van der Waals surface area (Å²) in [6, 6.07) is 3.46. The third kappa shape index (κ3) is 3.51. The Morgan fingerprint density at radius 3 is 2.71 bits per heavy atom. The Kier molecular flexibility index (Phi) is 4.83. The van der Waals surface area contributed by atoms with Crippen LogP contribution in [-0.2, 0) is 4.74 Å². The zero-order valence-electron chi connectivity index (χ0n) is 12.3. The number of aliphatic hydroxyl groups is 1. The molecule has 0 saturated carbocycles. The number of hydrogen-bond acceptors (Lipinski definition) is 3. The fourth-order valence-electron chi connectivity index (χ4n) is 2.53. The van der Waals surface area contributed by atoms with Crippen molar-refractivity contribution in [3.63, 3.8) is 0 Å². The van der Waals surface area contributed by atoms with E-state index in [4.69, 9.17) is 27.9 Å². The maximum atomic E-state index is 12.7. The van der Waals surface area contributed by atoms with Gasteiger partial charge in [0.1, 0.15) is 0 Å². The molecule has 0 spiro atoms. The minimum Gasteiger partial charge on any atom is -0.394 e. The molecule has 1 N–H and O–H groups in total. The SMILES string of the molecule is Cc1ccc(C(=O)N2CC(CO)OC(C)(C)C2)c(Cl)c1Cl. The predicted octanol–water partition coefficient (Wildman–Crippen LogP) is 2.91. The number of amides is 1. The second-order valence-electron chi connectivity index (χ2n) is 5.93. The lowest BCUT2D eigenvalue weighted by molar-refractivity contribution is -0.139. The highest BCUT2D eigenvalue weighted by atomic mass is 35.5. The van der Waals surface area contributed by atoms with Crippen LogP contribution < -0.4 is 0 Å². The Morgan fingerprint density at radius 1 is 1.43 bits per heavy atom. The van der Waals surface area contributed by atoms with Crippen LogP contribution in [0.2, 0.25) is 10.0 Å². The first-order chi connectivity index (χ1) is 9.75. The Morgan fingerprint density at radius 2 is 2.10 bits per heavy atom. The molecule has 4 nitrogen and oxygen atoms in total. The number of carbonyl (C=O) groups excluding carboxylic acids is 1. The molecule has 2 rings (SSSR count). The van der Waals surface area contributed by atoms with Crippen molar-refractivity contribution in [3.05, 3.63) is 33.3 Å². The van der Waals surface area contributed by atoms with Crippen LogP contribution in [0.3, 0.4) is 0 Å². The number of nitrogens with zero attached hydrogens (tertiary/aromatic N) is 1. The van der Waals surface area contributed by atoms with Gasteiger partial charge in [0.05, 0.1) is 33.9 Å². The zero-order chi connectivity index (χ0) is 15.8. The summed E-state index contributed by atoms with van der Waals surface area (Å²) in [6.07, 6.45) is -0.391. The van der Waals surface area contributed by atoms with Crippen molar-refractivity contribution >= 4 is 29.1 Å². The molecule has 21 heavy (non-hydrogen) atoms. The summed E-state index contributed by atoms with van der Waals surface area (Å²) in [7, 11) is 0. The minimum absolute atomic E-state index is 0.129. The summed E-state index contributed by atoms with van der Waals surface area (Å²) < 4.78 is 5.71. The number of hydrogen-bond donors (Lipinski definition) is 1. The molecule has 116 valence electrons. The van der Waals surface area contributed by atoms with Gasteiger partial charge in [-0.05, 0) is 32.4 Å². The van der Waals surface area contributed by atoms with Gasteiger partial charge in [-0.1, -0.05) is 29.3 Å². The van der Waals surface area contributed by atoms with Gasteiger partial charge < -0.3 is 14.7 Å². The van der Waals surface area contributed by atoms with Gasteiger partial charge in [-0.15, -0.1) is 0 Å². The average Bonchev–Trinajstić information content (AvgIpc) is 2.42. The van der Waals surface area contributed by atoms with Crippen molar-refractivity contribution in [1.82, 2.24) is 4.90 Å². The van der Waals surface area contributed by atoms with Gasteiger partial charge in [0.15, 0.2) is 0 Å². The van der Waals surface area contributed by atoms with Crippen molar-refractivity contribution in [3.8, 4) is 0 Å². The highest BCUT2D eigenvalue weighted by molar-refractivity contribution is 6.44. The van der Waals surface area contributed by atoms with Crippen molar-refractivity contribution in [2.45, 2.75) is 32.5 Å². The summed E-state index contributed by atoms with van der Waals surface area (Å²) in [6.45, 7) is 6.25. The highest BCUT2D eigenvalue weighted by Gasteiger charge is 2.36. The second-order valence-corrected chi connectivity index (χ2v) is 6.68. The number of halogens is 2. The van der Waals surface area contributed by atoms with E-state index in [2.05, 4.69) is 0 Å². The maximum Gasteiger partial charge on any atom is 0.255 e.